The molecule has 0 unspecified atom stereocenters. The number of likely N-dealkylation sites (tertiary alicyclic amines) is 1. The summed E-state index contributed by atoms with van der Waals surface area (Å²) in [6.07, 6.45) is 10.4. The molecule has 5 rings (SSSR count). The first-order valence-corrected chi connectivity index (χ1v) is 10.1. The van der Waals surface area contributed by atoms with E-state index in [9.17, 15) is 0 Å². The van der Waals surface area contributed by atoms with Crippen LogP contribution in [-0.2, 0) is 6.54 Å². The smallest absolute Gasteiger partial charge is 0.137 e. The normalized spacial score (nSPS) is 14.5. The van der Waals surface area contributed by atoms with E-state index >= 15 is 0 Å². The maximum Gasteiger partial charge on any atom is 0.137 e. The summed E-state index contributed by atoms with van der Waals surface area (Å²) in [5.41, 5.74) is 6.45. The first-order chi connectivity index (χ1) is 14.3. The third-order valence-electron chi connectivity index (χ3n) is 5.66. The number of fused-ring (bicyclic) bond motifs is 1. The van der Waals surface area contributed by atoms with Crippen LogP contribution in [0.3, 0.4) is 0 Å². The predicted octanol–water partition coefficient (Wildman–Crippen LogP) is 4.90. The molecule has 1 aromatic carbocycles. The van der Waals surface area contributed by atoms with Crippen molar-refractivity contribution in [1.82, 2.24) is 19.9 Å². The van der Waals surface area contributed by atoms with Crippen molar-refractivity contribution in [3.63, 3.8) is 0 Å². The van der Waals surface area contributed by atoms with E-state index in [1.165, 1.54) is 31.5 Å². The fourth-order valence-corrected chi connectivity index (χ4v) is 4.18. The average Bonchev–Trinajstić information content (AvgIpc) is 3.43. The summed E-state index contributed by atoms with van der Waals surface area (Å²) in [5, 5.41) is 1.08. The number of ether oxygens (including phenoxy) is 1. The molecule has 1 N–H and O–H groups in total. The van der Waals surface area contributed by atoms with Crippen LogP contribution in [0.15, 0.2) is 61.2 Å². The molecule has 3 aromatic heterocycles. The maximum atomic E-state index is 5.56. The molecule has 0 spiro atoms. The van der Waals surface area contributed by atoms with Crippen molar-refractivity contribution >= 4 is 11.0 Å². The molecule has 5 nitrogen and oxygen atoms in total. The van der Waals surface area contributed by atoms with Gasteiger partial charge in [-0.25, -0.2) is 4.98 Å². The van der Waals surface area contributed by atoms with Crippen LogP contribution in [0.1, 0.15) is 18.4 Å². The van der Waals surface area contributed by atoms with Gasteiger partial charge in [0.1, 0.15) is 11.4 Å². The van der Waals surface area contributed by atoms with Crippen LogP contribution in [0.25, 0.3) is 33.3 Å². The second-order valence-electron chi connectivity index (χ2n) is 7.59. The van der Waals surface area contributed by atoms with Gasteiger partial charge in [-0.1, -0.05) is 18.2 Å². The summed E-state index contributed by atoms with van der Waals surface area (Å²) in [4.78, 5) is 14.9. The number of pyridine rings is 2. The highest BCUT2D eigenvalue weighted by atomic mass is 16.5. The van der Waals surface area contributed by atoms with E-state index in [1.807, 2.05) is 43.0 Å². The molecule has 146 valence electrons. The second kappa shape index (κ2) is 7.68. The minimum atomic E-state index is 0.855. The Morgan fingerprint density at radius 1 is 1.00 bits per heavy atom. The van der Waals surface area contributed by atoms with E-state index in [-0.39, 0.29) is 0 Å². The Hall–Kier alpha value is -3.18. The Bertz CT molecular complexity index is 1140. The first-order valence-electron chi connectivity index (χ1n) is 10.1. The highest BCUT2D eigenvalue weighted by Crippen LogP contribution is 2.36. The molecule has 1 fully saturated rings. The number of nitrogens with one attached hydrogen (secondary N) is 1. The first kappa shape index (κ1) is 17.9. The number of aromatic nitrogens is 3. The number of para-hydroxylation sites is 1. The van der Waals surface area contributed by atoms with Crippen LogP contribution < -0.4 is 4.74 Å². The summed E-state index contributed by atoms with van der Waals surface area (Å²) in [7, 11) is 1.70. The van der Waals surface area contributed by atoms with Gasteiger partial charge in [-0.2, -0.15) is 0 Å². The van der Waals surface area contributed by atoms with Gasteiger partial charge in [0.2, 0.25) is 0 Å². The van der Waals surface area contributed by atoms with Gasteiger partial charge in [0.15, 0.2) is 0 Å². The molecule has 0 saturated carbocycles. The molecular weight excluding hydrogens is 360 g/mol. The van der Waals surface area contributed by atoms with E-state index < -0.39 is 0 Å². The summed E-state index contributed by atoms with van der Waals surface area (Å²) in [6, 6.07) is 12.5. The Kier molecular flexibility index (Phi) is 4.74. The Morgan fingerprint density at radius 3 is 2.69 bits per heavy atom. The molecular formula is C24H24N4O. The minimum absolute atomic E-state index is 0.855. The van der Waals surface area contributed by atoms with Gasteiger partial charge in [0, 0.05) is 59.0 Å². The van der Waals surface area contributed by atoms with Crippen molar-refractivity contribution in [1.29, 1.82) is 0 Å². The SMILES string of the molecule is COc1ccccc1-c1c[nH]c2ncc(-c3cncc(CN4CCCC4)c3)cc12. The zero-order chi connectivity index (χ0) is 19.6. The molecule has 1 aliphatic heterocycles. The lowest BCUT2D eigenvalue weighted by Gasteiger charge is -2.14. The zero-order valence-corrected chi connectivity index (χ0v) is 16.6. The van der Waals surface area contributed by atoms with Gasteiger partial charge in [-0.05, 0) is 49.7 Å². The Balaban J connectivity index is 1.53. The summed E-state index contributed by atoms with van der Waals surface area (Å²) >= 11 is 0. The number of aromatic amines is 1. The molecule has 0 radical (unpaired) electrons. The molecule has 0 atom stereocenters. The lowest BCUT2D eigenvalue weighted by molar-refractivity contribution is 0.331. The van der Waals surface area contributed by atoms with E-state index in [1.54, 1.807) is 7.11 Å². The number of H-pyrrole nitrogens is 1. The van der Waals surface area contributed by atoms with Crippen molar-refractivity contribution in [2.75, 3.05) is 20.2 Å². The lowest BCUT2D eigenvalue weighted by atomic mass is 10.0. The number of hydrogen-bond acceptors (Lipinski definition) is 4. The summed E-state index contributed by atoms with van der Waals surface area (Å²) in [5.74, 6) is 0.855. The molecule has 29 heavy (non-hydrogen) atoms. The van der Waals surface area contributed by atoms with Crippen LogP contribution in [0.5, 0.6) is 5.75 Å². The van der Waals surface area contributed by atoms with E-state index in [2.05, 4.69) is 38.1 Å². The van der Waals surface area contributed by atoms with E-state index in [4.69, 9.17) is 4.74 Å². The molecule has 1 aliphatic rings. The van der Waals surface area contributed by atoms with Crippen LogP contribution in [0.4, 0.5) is 0 Å². The zero-order valence-electron chi connectivity index (χ0n) is 16.6. The monoisotopic (exact) mass is 384 g/mol. The largest absolute Gasteiger partial charge is 0.496 e. The van der Waals surface area contributed by atoms with Gasteiger partial charge in [0.25, 0.3) is 0 Å². The Labute approximate surface area is 170 Å². The van der Waals surface area contributed by atoms with Crippen molar-refractivity contribution in [3.05, 3.63) is 66.7 Å². The van der Waals surface area contributed by atoms with Crippen LogP contribution in [0.2, 0.25) is 0 Å². The molecule has 5 heteroatoms. The fourth-order valence-electron chi connectivity index (χ4n) is 4.18. The molecule has 0 bridgehead atoms. The fraction of sp³-hybridized carbons (Fsp3) is 0.250. The molecule has 0 aliphatic carbocycles. The highest BCUT2D eigenvalue weighted by Gasteiger charge is 2.14. The van der Waals surface area contributed by atoms with Gasteiger partial charge in [0.05, 0.1) is 7.11 Å². The van der Waals surface area contributed by atoms with Gasteiger partial charge >= 0.3 is 0 Å². The number of benzene rings is 1. The Morgan fingerprint density at radius 2 is 1.83 bits per heavy atom. The third kappa shape index (κ3) is 3.49. The second-order valence-corrected chi connectivity index (χ2v) is 7.59. The number of nitrogens with zero attached hydrogens (tertiary/aromatic N) is 3. The molecule has 4 heterocycles. The number of rotatable bonds is 5. The molecule has 1 saturated heterocycles. The topological polar surface area (TPSA) is 54.0 Å². The number of hydrogen-bond donors (Lipinski definition) is 1. The van der Waals surface area contributed by atoms with Crippen molar-refractivity contribution in [2.24, 2.45) is 0 Å². The maximum absolute atomic E-state index is 5.56. The lowest BCUT2D eigenvalue weighted by Crippen LogP contribution is -2.18. The van der Waals surface area contributed by atoms with E-state index in [0.717, 1.165) is 45.6 Å². The summed E-state index contributed by atoms with van der Waals surface area (Å²) < 4.78 is 5.56. The van der Waals surface area contributed by atoms with E-state index in [0.29, 0.717) is 0 Å². The summed E-state index contributed by atoms with van der Waals surface area (Å²) in [6.45, 7) is 3.33. The highest BCUT2D eigenvalue weighted by molar-refractivity contribution is 5.97. The van der Waals surface area contributed by atoms with Gasteiger partial charge in [-0.3, -0.25) is 9.88 Å². The van der Waals surface area contributed by atoms with Gasteiger partial charge < -0.3 is 9.72 Å². The van der Waals surface area contributed by atoms with Crippen LogP contribution in [-0.4, -0.2) is 40.1 Å². The third-order valence-corrected chi connectivity index (χ3v) is 5.66. The quantitative estimate of drug-likeness (QED) is 0.532. The minimum Gasteiger partial charge on any atom is -0.496 e. The molecule has 0 amide bonds. The van der Waals surface area contributed by atoms with Crippen molar-refractivity contribution in [3.8, 4) is 28.0 Å². The van der Waals surface area contributed by atoms with Crippen LogP contribution in [0, 0.1) is 0 Å². The van der Waals surface area contributed by atoms with Crippen molar-refractivity contribution in [2.45, 2.75) is 19.4 Å². The van der Waals surface area contributed by atoms with Crippen molar-refractivity contribution < 1.29 is 4.74 Å². The standard InChI is InChI=1S/C24H24N4O/c1-29-23-7-3-2-6-20(23)22-15-27-24-21(22)11-19(14-26-24)18-10-17(12-25-13-18)16-28-8-4-5-9-28/h2-3,6-7,10-15H,4-5,8-9,16H2,1H3,(H,26,27). The van der Waals surface area contributed by atoms with Crippen LogP contribution >= 0.6 is 0 Å². The molecule has 4 aromatic rings. The average molecular weight is 384 g/mol. The number of methoxy groups -OCH3 is 1. The van der Waals surface area contributed by atoms with Gasteiger partial charge in [-0.15, -0.1) is 0 Å². The predicted molar refractivity (Wildman–Crippen MR) is 116 cm³/mol.